The molecule has 0 aliphatic carbocycles. The van der Waals surface area contributed by atoms with Crippen molar-refractivity contribution in [3.05, 3.63) is 63.2 Å². The molecule has 0 radical (unpaired) electrons. The van der Waals surface area contributed by atoms with Crippen LogP contribution in [0.4, 0.5) is 0 Å². The standard InChI is InChI=1S/C16H13IN2O4/c17-13-5-2-4-12(8-13)16(22)19-18-9-11-3-1-6-14(7-11)23-10-15(20)21/h1-9H,10H2,(H,19,22)(H,20,21)/b18-9-. The monoisotopic (exact) mass is 424 g/mol. The lowest BCUT2D eigenvalue weighted by Crippen LogP contribution is -2.17. The first-order chi connectivity index (χ1) is 11.0. The van der Waals surface area contributed by atoms with E-state index in [1.165, 1.54) is 6.21 Å². The van der Waals surface area contributed by atoms with Crippen molar-refractivity contribution in [3.63, 3.8) is 0 Å². The number of nitrogens with zero attached hydrogens (tertiary/aromatic N) is 1. The average molecular weight is 424 g/mol. The molecule has 2 N–H and O–H groups in total. The van der Waals surface area contributed by atoms with Gasteiger partial charge in [0.2, 0.25) is 0 Å². The van der Waals surface area contributed by atoms with Crippen molar-refractivity contribution in [3.8, 4) is 5.75 Å². The van der Waals surface area contributed by atoms with Gasteiger partial charge in [-0.2, -0.15) is 5.10 Å². The predicted octanol–water partition coefficient (Wildman–Crippen LogP) is 2.52. The molecule has 0 saturated heterocycles. The quantitative estimate of drug-likeness (QED) is 0.424. The number of carbonyl (C=O) groups is 2. The molecule has 6 nitrogen and oxygen atoms in total. The molecule has 0 fully saturated rings. The van der Waals surface area contributed by atoms with Gasteiger partial charge in [-0.3, -0.25) is 4.79 Å². The summed E-state index contributed by atoms with van der Waals surface area (Å²) in [5.41, 5.74) is 3.63. The lowest BCUT2D eigenvalue weighted by Gasteiger charge is -2.03. The highest BCUT2D eigenvalue weighted by molar-refractivity contribution is 14.1. The maximum absolute atomic E-state index is 11.9. The Hall–Kier alpha value is -2.42. The second-order valence-electron chi connectivity index (χ2n) is 4.46. The van der Waals surface area contributed by atoms with E-state index in [1.54, 1.807) is 42.5 Å². The number of benzene rings is 2. The highest BCUT2D eigenvalue weighted by Crippen LogP contribution is 2.12. The first kappa shape index (κ1) is 16.9. The number of hydrazone groups is 1. The summed E-state index contributed by atoms with van der Waals surface area (Å²) in [5, 5.41) is 12.5. The average Bonchev–Trinajstić information content (AvgIpc) is 2.53. The van der Waals surface area contributed by atoms with Crippen LogP contribution in [-0.2, 0) is 4.79 Å². The Labute approximate surface area is 146 Å². The number of aliphatic carboxylic acids is 1. The molecule has 7 heteroatoms. The second-order valence-corrected chi connectivity index (χ2v) is 5.71. The SMILES string of the molecule is O=C(O)COc1cccc(/C=N\NC(=O)c2cccc(I)c2)c1. The lowest BCUT2D eigenvalue weighted by molar-refractivity contribution is -0.139. The van der Waals surface area contributed by atoms with E-state index in [4.69, 9.17) is 9.84 Å². The van der Waals surface area contributed by atoms with Gasteiger partial charge in [0.25, 0.3) is 5.91 Å². The molecule has 0 bridgehead atoms. The van der Waals surface area contributed by atoms with E-state index >= 15 is 0 Å². The first-order valence-electron chi connectivity index (χ1n) is 6.58. The van der Waals surface area contributed by atoms with Gasteiger partial charge in [0.15, 0.2) is 6.61 Å². The topological polar surface area (TPSA) is 88.0 Å². The van der Waals surface area contributed by atoms with Crippen LogP contribution in [0.3, 0.4) is 0 Å². The van der Waals surface area contributed by atoms with E-state index in [9.17, 15) is 9.59 Å². The number of amides is 1. The van der Waals surface area contributed by atoms with E-state index in [2.05, 4.69) is 33.1 Å². The Bertz CT molecular complexity index is 746. The molecule has 0 heterocycles. The summed E-state index contributed by atoms with van der Waals surface area (Å²) >= 11 is 2.13. The Balaban J connectivity index is 1.96. The smallest absolute Gasteiger partial charge is 0.341 e. The molecular formula is C16H13IN2O4. The zero-order valence-corrected chi connectivity index (χ0v) is 14.1. The number of hydrogen-bond acceptors (Lipinski definition) is 4. The number of nitrogens with one attached hydrogen (secondary N) is 1. The van der Waals surface area contributed by atoms with Crippen molar-refractivity contribution < 1.29 is 19.4 Å². The van der Waals surface area contributed by atoms with E-state index < -0.39 is 12.6 Å². The Morgan fingerprint density at radius 1 is 1.22 bits per heavy atom. The molecule has 0 spiro atoms. The normalized spacial score (nSPS) is 10.5. The van der Waals surface area contributed by atoms with Gasteiger partial charge in [-0.15, -0.1) is 0 Å². The summed E-state index contributed by atoms with van der Waals surface area (Å²) in [4.78, 5) is 22.4. The molecule has 0 saturated carbocycles. The fourth-order valence-corrected chi connectivity index (χ4v) is 2.23. The Morgan fingerprint density at radius 2 is 2.00 bits per heavy atom. The molecule has 2 aromatic rings. The summed E-state index contributed by atoms with van der Waals surface area (Å²) in [6.07, 6.45) is 1.46. The van der Waals surface area contributed by atoms with E-state index in [-0.39, 0.29) is 5.91 Å². The fourth-order valence-electron chi connectivity index (χ4n) is 1.69. The minimum Gasteiger partial charge on any atom is -0.482 e. The number of ether oxygens (including phenoxy) is 1. The zero-order valence-electron chi connectivity index (χ0n) is 11.9. The molecule has 1 amide bonds. The van der Waals surface area contributed by atoms with Crippen LogP contribution in [0, 0.1) is 3.57 Å². The minimum absolute atomic E-state index is 0.307. The van der Waals surface area contributed by atoms with Gasteiger partial charge >= 0.3 is 5.97 Å². The molecule has 0 unspecified atom stereocenters. The number of carbonyl (C=O) groups excluding carboxylic acids is 1. The van der Waals surface area contributed by atoms with Crippen molar-refractivity contribution in [2.24, 2.45) is 5.10 Å². The third-order valence-corrected chi connectivity index (χ3v) is 3.36. The van der Waals surface area contributed by atoms with Crippen LogP contribution >= 0.6 is 22.6 Å². The van der Waals surface area contributed by atoms with Gasteiger partial charge in [-0.25, -0.2) is 10.2 Å². The molecule has 0 atom stereocenters. The van der Waals surface area contributed by atoms with Gasteiger partial charge in [0.05, 0.1) is 6.21 Å². The van der Waals surface area contributed by atoms with Crippen LogP contribution in [0.2, 0.25) is 0 Å². The van der Waals surface area contributed by atoms with Crippen LogP contribution in [0.15, 0.2) is 53.6 Å². The third-order valence-electron chi connectivity index (χ3n) is 2.69. The van der Waals surface area contributed by atoms with Crippen molar-refractivity contribution in [1.29, 1.82) is 0 Å². The summed E-state index contributed by atoms with van der Waals surface area (Å²) in [6.45, 7) is -0.413. The molecule has 0 aliphatic rings. The maximum Gasteiger partial charge on any atom is 0.341 e. The minimum atomic E-state index is -1.05. The van der Waals surface area contributed by atoms with Crippen molar-refractivity contribution in [2.75, 3.05) is 6.61 Å². The molecule has 0 aromatic heterocycles. The van der Waals surface area contributed by atoms with E-state index in [0.717, 1.165) is 3.57 Å². The van der Waals surface area contributed by atoms with Crippen molar-refractivity contribution in [2.45, 2.75) is 0 Å². The van der Waals surface area contributed by atoms with Crippen LogP contribution in [-0.4, -0.2) is 29.8 Å². The molecular weight excluding hydrogens is 411 g/mol. The van der Waals surface area contributed by atoms with Gasteiger partial charge < -0.3 is 9.84 Å². The number of halogens is 1. The summed E-state index contributed by atoms with van der Waals surface area (Å²) in [6, 6.07) is 13.9. The molecule has 2 rings (SSSR count). The van der Waals surface area contributed by atoms with Gasteiger partial charge in [-0.05, 0) is 58.5 Å². The third kappa shape index (κ3) is 5.70. The first-order valence-corrected chi connectivity index (χ1v) is 7.66. The van der Waals surface area contributed by atoms with Crippen molar-refractivity contribution >= 4 is 40.7 Å². The summed E-state index contributed by atoms with van der Waals surface area (Å²) in [5.74, 6) is -0.938. The van der Waals surface area contributed by atoms with Gasteiger partial charge in [0, 0.05) is 9.13 Å². The number of carboxylic acid groups (broad SMARTS) is 1. The Morgan fingerprint density at radius 3 is 2.74 bits per heavy atom. The molecule has 2 aromatic carbocycles. The Kier molecular flexibility index (Phi) is 6.10. The van der Waals surface area contributed by atoms with E-state index in [0.29, 0.717) is 16.9 Å². The lowest BCUT2D eigenvalue weighted by atomic mass is 10.2. The van der Waals surface area contributed by atoms with Gasteiger partial charge in [-0.1, -0.05) is 18.2 Å². The molecule has 118 valence electrons. The van der Waals surface area contributed by atoms with Gasteiger partial charge in [0.1, 0.15) is 5.75 Å². The number of hydrogen-bond donors (Lipinski definition) is 2. The predicted molar refractivity (Wildman–Crippen MR) is 93.8 cm³/mol. The number of rotatable bonds is 6. The zero-order chi connectivity index (χ0) is 16.7. The van der Waals surface area contributed by atoms with Crippen LogP contribution in [0.1, 0.15) is 15.9 Å². The van der Waals surface area contributed by atoms with Crippen LogP contribution in [0.25, 0.3) is 0 Å². The molecule has 23 heavy (non-hydrogen) atoms. The fraction of sp³-hybridized carbons (Fsp3) is 0.0625. The largest absolute Gasteiger partial charge is 0.482 e. The highest BCUT2D eigenvalue weighted by atomic mass is 127. The summed E-state index contributed by atoms with van der Waals surface area (Å²) < 4.78 is 6.03. The second kappa shape index (κ2) is 8.28. The van der Waals surface area contributed by atoms with Crippen molar-refractivity contribution in [1.82, 2.24) is 5.43 Å². The van der Waals surface area contributed by atoms with Crippen LogP contribution < -0.4 is 10.2 Å². The maximum atomic E-state index is 11.9. The van der Waals surface area contributed by atoms with E-state index in [1.807, 2.05) is 6.07 Å². The van der Waals surface area contributed by atoms with Crippen LogP contribution in [0.5, 0.6) is 5.75 Å². The summed E-state index contributed by atoms with van der Waals surface area (Å²) in [7, 11) is 0. The molecule has 0 aliphatic heterocycles. The number of carboxylic acids is 1. The highest BCUT2D eigenvalue weighted by Gasteiger charge is 2.04.